The van der Waals surface area contributed by atoms with Crippen LogP contribution in [-0.4, -0.2) is 9.97 Å². The standard InChI is InChI=1S/C48H32Br2N2.2Ir/c1-31-24-32(2)26-39(25-31)48-42(40-18-16-37(27-44(40)49)46-29-35(20-22-51-46)33-10-5-3-6-11-33)14-9-15-43(48)41-19-17-38(28-45(41)50)47-30-36(21-23-52-47)34-12-7-4-8-13-34;;/h3-15,18-30H,1-2H3;;/q-2;;. The summed E-state index contributed by atoms with van der Waals surface area (Å²) < 4.78 is 1.95. The van der Waals surface area contributed by atoms with Gasteiger partial charge in [0.25, 0.3) is 0 Å². The Morgan fingerprint density at radius 1 is 0.426 bits per heavy atom. The van der Waals surface area contributed by atoms with E-state index in [0.29, 0.717) is 0 Å². The predicted octanol–water partition coefficient (Wildman–Crippen LogP) is 13.9. The van der Waals surface area contributed by atoms with Gasteiger partial charge in [-0.05, 0) is 70.7 Å². The first-order valence-electron chi connectivity index (χ1n) is 17.1. The van der Waals surface area contributed by atoms with Crippen molar-refractivity contribution in [2.75, 3.05) is 0 Å². The summed E-state index contributed by atoms with van der Waals surface area (Å²) in [4.78, 5) is 9.42. The molecule has 0 saturated heterocycles. The molecule has 0 unspecified atom stereocenters. The van der Waals surface area contributed by atoms with Gasteiger partial charge >= 0.3 is 0 Å². The van der Waals surface area contributed by atoms with E-state index in [1.54, 1.807) is 0 Å². The van der Waals surface area contributed by atoms with Crippen molar-refractivity contribution in [1.29, 1.82) is 0 Å². The molecule has 0 N–H and O–H groups in total. The van der Waals surface area contributed by atoms with Crippen molar-refractivity contribution in [2.45, 2.75) is 13.8 Å². The summed E-state index contributed by atoms with van der Waals surface area (Å²) >= 11 is 7.93. The summed E-state index contributed by atoms with van der Waals surface area (Å²) in [5.74, 6) is 0. The number of aromatic nitrogens is 2. The van der Waals surface area contributed by atoms with Gasteiger partial charge in [-0.1, -0.05) is 183 Å². The van der Waals surface area contributed by atoms with E-state index in [1.807, 2.05) is 36.7 Å². The van der Waals surface area contributed by atoms with E-state index in [4.69, 9.17) is 9.97 Å². The van der Waals surface area contributed by atoms with Crippen molar-refractivity contribution in [3.8, 4) is 78.1 Å². The summed E-state index contributed by atoms with van der Waals surface area (Å²) in [6.07, 6.45) is 3.73. The summed E-state index contributed by atoms with van der Waals surface area (Å²) in [6, 6.07) is 57.9. The molecule has 0 fully saturated rings. The van der Waals surface area contributed by atoms with Crippen LogP contribution < -0.4 is 0 Å². The molecule has 0 spiro atoms. The van der Waals surface area contributed by atoms with E-state index in [-0.39, 0.29) is 40.2 Å². The van der Waals surface area contributed by atoms with E-state index in [1.165, 1.54) is 11.1 Å². The molecule has 2 heterocycles. The predicted molar refractivity (Wildman–Crippen MR) is 223 cm³/mol. The van der Waals surface area contributed by atoms with Crippen molar-refractivity contribution in [3.05, 3.63) is 190 Å². The van der Waals surface area contributed by atoms with Crippen LogP contribution in [0.1, 0.15) is 11.1 Å². The normalized spacial score (nSPS) is 10.7. The Bertz CT molecular complexity index is 2400. The summed E-state index contributed by atoms with van der Waals surface area (Å²) in [7, 11) is 0. The Balaban J connectivity index is 0.00000249. The molecule has 0 aliphatic heterocycles. The van der Waals surface area contributed by atoms with Crippen LogP contribution in [0, 0.1) is 26.0 Å². The van der Waals surface area contributed by atoms with Gasteiger partial charge in [-0.15, -0.1) is 47.5 Å². The summed E-state index contributed by atoms with van der Waals surface area (Å²) in [5, 5.41) is 0. The molecular formula is C48H32Br2Ir2N2-2. The van der Waals surface area contributed by atoms with Crippen LogP contribution in [0.5, 0.6) is 0 Å². The molecule has 0 amide bonds. The first kappa shape index (κ1) is 39.6. The van der Waals surface area contributed by atoms with E-state index >= 15 is 0 Å². The molecule has 0 atom stereocenters. The van der Waals surface area contributed by atoms with Crippen molar-refractivity contribution < 1.29 is 40.2 Å². The molecular weight excluding hydrogens is 1150 g/mol. The fraction of sp³-hybridized carbons (Fsp3) is 0.0417. The number of pyridine rings is 2. The van der Waals surface area contributed by atoms with Crippen LogP contribution in [0.25, 0.3) is 78.1 Å². The average molecular weight is 1180 g/mol. The Kier molecular flexibility index (Phi) is 12.9. The molecule has 6 heteroatoms. The minimum Gasteiger partial charge on any atom is -0.305 e. The third-order valence-corrected chi connectivity index (χ3v) is 10.6. The summed E-state index contributed by atoms with van der Waals surface area (Å²) in [6.45, 7) is 4.31. The SMILES string of the molecule is Cc1cc(C)cc(-c2c(-c3c[c-]c(-c4cc(-c5ccccc5)ccn4)cc3Br)cccc2-c2c[c-]c(-c3cc(-c4ccccc4)ccn3)cc2Br)c1.[Ir].[Ir]. The average Bonchev–Trinajstić information content (AvgIpc) is 3.18. The quantitative estimate of drug-likeness (QED) is 0.149. The maximum atomic E-state index is 4.71. The molecule has 54 heavy (non-hydrogen) atoms. The van der Waals surface area contributed by atoms with Gasteiger partial charge in [-0.25, -0.2) is 0 Å². The molecule has 0 saturated carbocycles. The first-order chi connectivity index (χ1) is 25.4. The topological polar surface area (TPSA) is 25.8 Å². The Labute approximate surface area is 361 Å². The second-order valence-corrected chi connectivity index (χ2v) is 14.6. The van der Waals surface area contributed by atoms with E-state index < -0.39 is 0 Å². The van der Waals surface area contributed by atoms with Crippen LogP contribution in [0.4, 0.5) is 0 Å². The zero-order chi connectivity index (χ0) is 35.6. The number of aryl methyl sites for hydroxylation is 2. The molecule has 2 nitrogen and oxygen atoms in total. The van der Waals surface area contributed by atoms with Crippen molar-refractivity contribution in [2.24, 2.45) is 0 Å². The zero-order valence-corrected chi connectivity index (χ0v) is 37.3. The number of hydrogen-bond acceptors (Lipinski definition) is 2. The van der Waals surface area contributed by atoms with Gasteiger partial charge in [0.2, 0.25) is 0 Å². The Hall–Kier alpha value is -4.12. The molecule has 8 rings (SSSR count). The number of nitrogens with zero attached hydrogens (tertiary/aromatic N) is 2. The van der Waals surface area contributed by atoms with Crippen LogP contribution in [0.3, 0.4) is 0 Å². The fourth-order valence-electron chi connectivity index (χ4n) is 6.85. The Morgan fingerprint density at radius 3 is 1.30 bits per heavy atom. The van der Waals surface area contributed by atoms with E-state index in [0.717, 1.165) is 87.1 Å². The molecule has 268 valence electrons. The van der Waals surface area contributed by atoms with Crippen LogP contribution in [0.2, 0.25) is 0 Å². The Morgan fingerprint density at radius 2 is 0.870 bits per heavy atom. The van der Waals surface area contributed by atoms with Gasteiger partial charge in [0.15, 0.2) is 0 Å². The van der Waals surface area contributed by atoms with Crippen LogP contribution >= 0.6 is 31.9 Å². The van der Waals surface area contributed by atoms with Gasteiger partial charge in [0.1, 0.15) is 0 Å². The molecule has 8 aromatic rings. The van der Waals surface area contributed by atoms with Crippen molar-refractivity contribution in [1.82, 2.24) is 9.97 Å². The zero-order valence-electron chi connectivity index (χ0n) is 29.3. The maximum absolute atomic E-state index is 4.71. The van der Waals surface area contributed by atoms with Crippen molar-refractivity contribution >= 4 is 31.9 Å². The monoisotopic (exact) mass is 1180 g/mol. The second-order valence-electron chi connectivity index (χ2n) is 12.9. The fourth-order valence-corrected chi connectivity index (χ4v) is 7.96. The summed E-state index contributed by atoms with van der Waals surface area (Å²) in [5.41, 5.74) is 17.2. The van der Waals surface area contributed by atoms with Crippen molar-refractivity contribution in [3.63, 3.8) is 0 Å². The van der Waals surface area contributed by atoms with Gasteiger partial charge in [0, 0.05) is 52.6 Å². The molecule has 6 aromatic carbocycles. The smallest absolute Gasteiger partial charge is 0.0166 e. The third-order valence-electron chi connectivity index (χ3n) is 9.24. The largest absolute Gasteiger partial charge is 0.305 e. The molecule has 2 aromatic heterocycles. The van der Waals surface area contributed by atoms with E-state index in [2.05, 4.69) is 179 Å². The van der Waals surface area contributed by atoms with Gasteiger partial charge in [-0.2, -0.15) is 0 Å². The van der Waals surface area contributed by atoms with Crippen LogP contribution in [0.15, 0.2) is 167 Å². The van der Waals surface area contributed by atoms with Gasteiger partial charge in [0.05, 0.1) is 0 Å². The number of benzene rings is 6. The van der Waals surface area contributed by atoms with Crippen LogP contribution in [-0.2, 0) is 40.2 Å². The van der Waals surface area contributed by atoms with Gasteiger partial charge in [-0.3, -0.25) is 0 Å². The first-order valence-corrected chi connectivity index (χ1v) is 18.7. The molecule has 0 aliphatic rings. The second kappa shape index (κ2) is 17.6. The van der Waals surface area contributed by atoms with Gasteiger partial charge < -0.3 is 9.97 Å². The number of rotatable bonds is 7. The number of halogens is 2. The van der Waals surface area contributed by atoms with E-state index in [9.17, 15) is 0 Å². The molecule has 0 aliphatic carbocycles. The molecule has 2 radical (unpaired) electrons. The maximum Gasteiger partial charge on any atom is 0.0166 e. The third kappa shape index (κ3) is 8.41. The minimum absolute atomic E-state index is 0. The number of hydrogen-bond donors (Lipinski definition) is 0. The molecule has 0 bridgehead atoms. The minimum atomic E-state index is 0.